The van der Waals surface area contributed by atoms with E-state index < -0.39 is 0 Å². The number of hydrogen-bond donors (Lipinski definition) is 0. The Kier molecular flexibility index (Phi) is 4.97. The number of aryl methyl sites for hydroxylation is 3. The van der Waals surface area contributed by atoms with Crippen molar-refractivity contribution in [3.05, 3.63) is 59.3 Å². The van der Waals surface area contributed by atoms with Crippen molar-refractivity contribution < 1.29 is 4.74 Å². The van der Waals surface area contributed by atoms with E-state index in [-0.39, 0.29) is 12.2 Å². The molecule has 1 fully saturated rings. The van der Waals surface area contributed by atoms with Crippen LogP contribution in [-0.2, 0) is 17.6 Å². The molecule has 0 spiro atoms. The van der Waals surface area contributed by atoms with Gasteiger partial charge in [-0.05, 0) is 50.8 Å². The van der Waals surface area contributed by atoms with Crippen LogP contribution < -0.4 is 4.90 Å². The highest BCUT2D eigenvalue weighted by molar-refractivity contribution is 5.40. The number of hydrogen-bond acceptors (Lipinski definition) is 3. The van der Waals surface area contributed by atoms with Gasteiger partial charge in [-0.3, -0.25) is 0 Å². The van der Waals surface area contributed by atoms with E-state index in [1.807, 2.05) is 6.20 Å². The molecule has 3 heteroatoms. The number of rotatable bonds is 4. The van der Waals surface area contributed by atoms with Gasteiger partial charge in [0.1, 0.15) is 5.82 Å². The molecule has 0 unspecified atom stereocenters. The van der Waals surface area contributed by atoms with Gasteiger partial charge in [0.25, 0.3) is 0 Å². The third-order valence-electron chi connectivity index (χ3n) is 4.38. The maximum atomic E-state index is 5.79. The number of morpholine rings is 1. The number of benzene rings is 1. The fraction of sp³-hybridized carbons (Fsp3) is 0.450. The topological polar surface area (TPSA) is 25.4 Å². The standard InChI is InChI=1S/C20H26N2O/c1-15-4-6-18(7-5-15)8-9-19-10-11-20(21-12-19)22-13-16(2)23-17(3)14-22/h4-7,10-12,16-17H,8-9,13-14H2,1-3H3/t16-,17+. The Bertz CT molecular complexity index is 611. The smallest absolute Gasteiger partial charge is 0.128 e. The van der Waals surface area contributed by atoms with Gasteiger partial charge in [-0.1, -0.05) is 35.9 Å². The Labute approximate surface area is 139 Å². The summed E-state index contributed by atoms with van der Waals surface area (Å²) in [5.74, 6) is 1.06. The third-order valence-corrected chi connectivity index (χ3v) is 4.38. The second kappa shape index (κ2) is 7.14. The number of aromatic nitrogens is 1. The van der Waals surface area contributed by atoms with Crippen molar-refractivity contribution >= 4 is 5.82 Å². The summed E-state index contributed by atoms with van der Waals surface area (Å²) in [6, 6.07) is 13.1. The van der Waals surface area contributed by atoms with Gasteiger partial charge in [-0.15, -0.1) is 0 Å². The van der Waals surface area contributed by atoms with E-state index in [1.165, 1.54) is 16.7 Å². The first-order chi connectivity index (χ1) is 11.1. The summed E-state index contributed by atoms with van der Waals surface area (Å²) in [6.07, 6.45) is 4.65. The first-order valence-corrected chi connectivity index (χ1v) is 8.51. The van der Waals surface area contributed by atoms with Crippen molar-refractivity contribution in [2.45, 2.75) is 45.8 Å². The summed E-state index contributed by atoms with van der Waals surface area (Å²) < 4.78 is 5.79. The second-order valence-corrected chi connectivity index (χ2v) is 6.67. The zero-order chi connectivity index (χ0) is 16.2. The van der Waals surface area contributed by atoms with E-state index in [0.29, 0.717) is 0 Å². The highest BCUT2D eigenvalue weighted by Gasteiger charge is 2.22. The monoisotopic (exact) mass is 310 g/mol. The lowest BCUT2D eigenvalue weighted by Crippen LogP contribution is -2.45. The zero-order valence-electron chi connectivity index (χ0n) is 14.3. The minimum Gasteiger partial charge on any atom is -0.372 e. The lowest BCUT2D eigenvalue weighted by atomic mass is 10.0. The van der Waals surface area contributed by atoms with Crippen molar-refractivity contribution in [1.29, 1.82) is 0 Å². The Morgan fingerprint density at radius 1 is 0.957 bits per heavy atom. The molecule has 1 aromatic heterocycles. The van der Waals surface area contributed by atoms with E-state index in [1.54, 1.807) is 0 Å². The Hall–Kier alpha value is -1.87. The highest BCUT2D eigenvalue weighted by Crippen LogP contribution is 2.19. The lowest BCUT2D eigenvalue weighted by Gasteiger charge is -2.36. The van der Waals surface area contributed by atoms with Crippen LogP contribution in [0.2, 0.25) is 0 Å². The van der Waals surface area contributed by atoms with Gasteiger partial charge >= 0.3 is 0 Å². The van der Waals surface area contributed by atoms with Gasteiger partial charge in [0.2, 0.25) is 0 Å². The van der Waals surface area contributed by atoms with Crippen LogP contribution in [0.5, 0.6) is 0 Å². The van der Waals surface area contributed by atoms with Crippen molar-refractivity contribution in [3.63, 3.8) is 0 Å². The molecular weight excluding hydrogens is 284 g/mol. The fourth-order valence-corrected chi connectivity index (χ4v) is 3.16. The summed E-state index contributed by atoms with van der Waals surface area (Å²) >= 11 is 0. The van der Waals surface area contributed by atoms with Crippen LogP contribution in [0.3, 0.4) is 0 Å². The van der Waals surface area contributed by atoms with Crippen LogP contribution in [0.25, 0.3) is 0 Å². The van der Waals surface area contributed by atoms with Gasteiger partial charge in [-0.2, -0.15) is 0 Å². The molecule has 2 atom stereocenters. The number of anilines is 1. The lowest BCUT2D eigenvalue weighted by molar-refractivity contribution is -0.00545. The van der Waals surface area contributed by atoms with Crippen LogP contribution in [0, 0.1) is 6.92 Å². The molecular formula is C20H26N2O. The van der Waals surface area contributed by atoms with Crippen LogP contribution in [0.15, 0.2) is 42.6 Å². The predicted molar refractivity (Wildman–Crippen MR) is 95.0 cm³/mol. The molecule has 0 radical (unpaired) electrons. The molecule has 23 heavy (non-hydrogen) atoms. The maximum absolute atomic E-state index is 5.79. The van der Waals surface area contributed by atoms with E-state index in [9.17, 15) is 0 Å². The first-order valence-electron chi connectivity index (χ1n) is 8.51. The van der Waals surface area contributed by atoms with Crippen LogP contribution in [-0.4, -0.2) is 30.3 Å². The molecule has 3 rings (SSSR count). The first kappa shape index (κ1) is 16.0. The summed E-state index contributed by atoms with van der Waals surface area (Å²) in [5, 5.41) is 0. The Balaban J connectivity index is 1.59. The molecule has 1 saturated heterocycles. The molecule has 0 aliphatic carbocycles. The molecule has 1 aromatic carbocycles. The molecule has 0 bridgehead atoms. The average Bonchev–Trinajstić information content (AvgIpc) is 2.54. The van der Waals surface area contributed by atoms with Gasteiger partial charge in [-0.25, -0.2) is 4.98 Å². The molecule has 2 aromatic rings. The predicted octanol–water partition coefficient (Wildman–Crippen LogP) is 3.79. The summed E-state index contributed by atoms with van der Waals surface area (Å²) in [6.45, 7) is 8.21. The molecule has 1 aliphatic heterocycles. The molecule has 0 saturated carbocycles. The molecule has 122 valence electrons. The second-order valence-electron chi connectivity index (χ2n) is 6.67. The van der Waals surface area contributed by atoms with E-state index >= 15 is 0 Å². The van der Waals surface area contributed by atoms with Gasteiger partial charge in [0.15, 0.2) is 0 Å². The molecule has 0 amide bonds. The van der Waals surface area contributed by atoms with Crippen LogP contribution >= 0.6 is 0 Å². The SMILES string of the molecule is Cc1ccc(CCc2ccc(N3C[C@@H](C)O[C@@H](C)C3)nc2)cc1. The average molecular weight is 310 g/mol. The number of nitrogens with zero attached hydrogens (tertiary/aromatic N) is 2. The van der Waals surface area contributed by atoms with Crippen molar-refractivity contribution in [1.82, 2.24) is 4.98 Å². The zero-order valence-corrected chi connectivity index (χ0v) is 14.3. The van der Waals surface area contributed by atoms with Gasteiger partial charge in [0, 0.05) is 19.3 Å². The summed E-state index contributed by atoms with van der Waals surface area (Å²) in [4.78, 5) is 6.99. The third kappa shape index (κ3) is 4.32. The largest absolute Gasteiger partial charge is 0.372 e. The molecule has 1 aliphatic rings. The quantitative estimate of drug-likeness (QED) is 0.859. The van der Waals surface area contributed by atoms with Crippen molar-refractivity contribution in [2.75, 3.05) is 18.0 Å². The summed E-state index contributed by atoms with van der Waals surface area (Å²) in [5.41, 5.74) is 3.99. The van der Waals surface area contributed by atoms with E-state index in [0.717, 1.165) is 31.7 Å². The Morgan fingerprint density at radius 3 is 2.17 bits per heavy atom. The van der Waals surface area contributed by atoms with Crippen molar-refractivity contribution in [2.24, 2.45) is 0 Å². The normalized spacial score (nSPS) is 21.4. The fourth-order valence-electron chi connectivity index (χ4n) is 3.16. The van der Waals surface area contributed by atoms with E-state index in [4.69, 9.17) is 4.74 Å². The molecule has 3 nitrogen and oxygen atoms in total. The van der Waals surface area contributed by atoms with Crippen LogP contribution in [0.4, 0.5) is 5.82 Å². The minimum atomic E-state index is 0.266. The maximum Gasteiger partial charge on any atom is 0.128 e. The highest BCUT2D eigenvalue weighted by atomic mass is 16.5. The van der Waals surface area contributed by atoms with Crippen molar-refractivity contribution in [3.8, 4) is 0 Å². The van der Waals surface area contributed by atoms with Gasteiger partial charge < -0.3 is 9.64 Å². The molecule has 2 heterocycles. The van der Waals surface area contributed by atoms with Gasteiger partial charge in [0.05, 0.1) is 12.2 Å². The number of pyridine rings is 1. The number of ether oxygens (including phenoxy) is 1. The minimum absolute atomic E-state index is 0.266. The molecule has 0 N–H and O–H groups in total. The van der Waals surface area contributed by atoms with Crippen LogP contribution in [0.1, 0.15) is 30.5 Å². The Morgan fingerprint density at radius 2 is 1.57 bits per heavy atom. The summed E-state index contributed by atoms with van der Waals surface area (Å²) in [7, 11) is 0. The van der Waals surface area contributed by atoms with E-state index in [2.05, 4.69) is 67.1 Å².